The molecular weight excluding hydrogens is 384 g/mol. The second kappa shape index (κ2) is 8.49. The van der Waals surface area contributed by atoms with Crippen molar-refractivity contribution in [2.75, 3.05) is 16.7 Å². The highest BCUT2D eigenvalue weighted by molar-refractivity contribution is 7.92. The average molecular weight is 409 g/mol. The van der Waals surface area contributed by atoms with Gasteiger partial charge in [0.05, 0.1) is 17.0 Å². The van der Waals surface area contributed by atoms with Gasteiger partial charge in [-0.05, 0) is 60.9 Å². The minimum atomic E-state index is -3.62. The standard InChI is InChI=1S/C23H24N2O3S/c1-17-9-10-18(2)22(15-17)24-23(26)16-19-11-13-20(14-12-19)25(3)29(27,28)21-7-5-4-6-8-21/h4-15H,16H2,1-3H3,(H,24,26). The van der Waals surface area contributed by atoms with Crippen molar-refractivity contribution in [1.29, 1.82) is 0 Å². The maximum absolute atomic E-state index is 12.7. The second-order valence-corrected chi connectivity index (χ2v) is 8.96. The molecule has 0 saturated heterocycles. The van der Waals surface area contributed by atoms with Crippen LogP contribution < -0.4 is 9.62 Å². The van der Waals surface area contributed by atoms with Crippen molar-refractivity contribution < 1.29 is 13.2 Å². The Morgan fingerprint density at radius 3 is 2.24 bits per heavy atom. The van der Waals surface area contributed by atoms with Gasteiger partial charge in [0.25, 0.3) is 10.0 Å². The number of sulfonamides is 1. The minimum Gasteiger partial charge on any atom is -0.326 e. The maximum atomic E-state index is 12.7. The summed E-state index contributed by atoms with van der Waals surface area (Å²) in [5.74, 6) is -0.114. The molecule has 0 aliphatic heterocycles. The summed E-state index contributed by atoms with van der Waals surface area (Å²) in [6.45, 7) is 3.93. The van der Waals surface area contributed by atoms with E-state index in [1.165, 1.54) is 11.4 Å². The van der Waals surface area contributed by atoms with Gasteiger partial charge >= 0.3 is 0 Å². The largest absolute Gasteiger partial charge is 0.326 e. The van der Waals surface area contributed by atoms with Crippen LogP contribution >= 0.6 is 0 Å². The van der Waals surface area contributed by atoms with Crippen molar-refractivity contribution in [2.45, 2.75) is 25.2 Å². The quantitative estimate of drug-likeness (QED) is 0.661. The number of rotatable bonds is 6. The van der Waals surface area contributed by atoms with Gasteiger partial charge in [-0.15, -0.1) is 0 Å². The molecule has 0 radical (unpaired) electrons. The summed E-state index contributed by atoms with van der Waals surface area (Å²) >= 11 is 0. The number of nitrogens with zero attached hydrogens (tertiary/aromatic N) is 1. The van der Waals surface area contributed by atoms with Crippen LogP contribution in [0.25, 0.3) is 0 Å². The molecule has 0 heterocycles. The van der Waals surface area contributed by atoms with Crippen LogP contribution in [-0.4, -0.2) is 21.4 Å². The molecule has 29 heavy (non-hydrogen) atoms. The third-order valence-electron chi connectivity index (χ3n) is 4.73. The Morgan fingerprint density at radius 1 is 0.931 bits per heavy atom. The molecule has 0 fully saturated rings. The Morgan fingerprint density at radius 2 is 1.59 bits per heavy atom. The number of carbonyl (C=O) groups is 1. The normalized spacial score (nSPS) is 11.1. The van der Waals surface area contributed by atoms with Crippen LogP contribution in [0, 0.1) is 13.8 Å². The average Bonchev–Trinajstić information content (AvgIpc) is 2.71. The lowest BCUT2D eigenvalue weighted by atomic mass is 10.1. The molecule has 3 rings (SSSR count). The summed E-state index contributed by atoms with van der Waals surface area (Å²) in [6, 6.07) is 21.2. The van der Waals surface area contributed by atoms with Crippen LogP contribution in [0.4, 0.5) is 11.4 Å². The SMILES string of the molecule is Cc1ccc(C)c(NC(=O)Cc2ccc(N(C)S(=O)(=O)c3ccccc3)cc2)c1. The lowest BCUT2D eigenvalue weighted by molar-refractivity contribution is -0.115. The summed E-state index contributed by atoms with van der Waals surface area (Å²) in [7, 11) is -2.11. The summed E-state index contributed by atoms with van der Waals surface area (Å²) in [5, 5.41) is 2.94. The van der Waals surface area contributed by atoms with Crippen molar-refractivity contribution in [3.05, 3.63) is 89.5 Å². The molecule has 1 N–H and O–H groups in total. The van der Waals surface area contributed by atoms with Crippen molar-refractivity contribution in [3.8, 4) is 0 Å². The zero-order valence-electron chi connectivity index (χ0n) is 16.7. The first-order valence-electron chi connectivity index (χ1n) is 9.27. The van der Waals surface area contributed by atoms with E-state index in [9.17, 15) is 13.2 Å². The Balaban J connectivity index is 1.70. The number of hydrogen-bond acceptors (Lipinski definition) is 3. The molecule has 0 bridgehead atoms. The van der Waals surface area contributed by atoms with E-state index in [0.717, 1.165) is 22.4 Å². The van der Waals surface area contributed by atoms with Crippen molar-refractivity contribution in [1.82, 2.24) is 0 Å². The summed E-state index contributed by atoms with van der Waals surface area (Å²) < 4.78 is 26.7. The maximum Gasteiger partial charge on any atom is 0.264 e. The molecule has 5 nitrogen and oxygen atoms in total. The zero-order chi connectivity index (χ0) is 21.0. The second-order valence-electron chi connectivity index (χ2n) is 7.00. The highest BCUT2D eigenvalue weighted by atomic mass is 32.2. The highest BCUT2D eigenvalue weighted by Crippen LogP contribution is 2.23. The van der Waals surface area contributed by atoms with Crippen LogP contribution in [0.1, 0.15) is 16.7 Å². The van der Waals surface area contributed by atoms with Gasteiger partial charge in [-0.3, -0.25) is 9.10 Å². The van der Waals surface area contributed by atoms with Gasteiger partial charge in [0.2, 0.25) is 5.91 Å². The van der Waals surface area contributed by atoms with Crippen LogP contribution in [0.5, 0.6) is 0 Å². The first-order chi connectivity index (χ1) is 13.8. The fourth-order valence-electron chi connectivity index (χ4n) is 2.96. The predicted octanol–water partition coefficient (Wildman–Crippen LogP) is 4.31. The van der Waals surface area contributed by atoms with Gasteiger partial charge < -0.3 is 5.32 Å². The molecule has 3 aromatic carbocycles. The summed E-state index contributed by atoms with van der Waals surface area (Å²) in [6.07, 6.45) is 0.211. The summed E-state index contributed by atoms with van der Waals surface area (Å²) in [5.41, 5.74) is 4.24. The fraction of sp³-hybridized carbons (Fsp3) is 0.174. The minimum absolute atomic E-state index is 0.114. The van der Waals surface area contributed by atoms with Crippen molar-refractivity contribution in [3.63, 3.8) is 0 Å². The lowest BCUT2D eigenvalue weighted by Crippen LogP contribution is -2.26. The predicted molar refractivity (Wildman–Crippen MR) is 117 cm³/mol. The van der Waals surface area contributed by atoms with E-state index in [0.29, 0.717) is 5.69 Å². The zero-order valence-corrected chi connectivity index (χ0v) is 17.5. The highest BCUT2D eigenvalue weighted by Gasteiger charge is 2.20. The van der Waals surface area contributed by atoms with E-state index in [4.69, 9.17) is 0 Å². The molecule has 0 atom stereocenters. The van der Waals surface area contributed by atoms with E-state index >= 15 is 0 Å². The smallest absolute Gasteiger partial charge is 0.264 e. The first-order valence-corrected chi connectivity index (χ1v) is 10.7. The number of benzene rings is 3. The molecule has 0 unspecified atom stereocenters. The van der Waals surface area contributed by atoms with Crippen LogP contribution in [0.3, 0.4) is 0 Å². The van der Waals surface area contributed by atoms with E-state index in [1.54, 1.807) is 54.6 Å². The number of hydrogen-bond donors (Lipinski definition) is 1. The number of amides is 1. The van der Waals surface area contributed by atoms with Gasteiger partial charge in [0.15, 0.2) is 0 Å². The molecule has 6 heteroatoms. The fourth-order valence-corrected chi connectivity index (χ4v) is 4.18. The van der Waals surface area contributed by atoms with Gasteiger partial charge in [-0.1, -0.05) is 42.5 Å². The number of carbonyl (C=O) groups excluding carboxylic acids is 1. The summed E-state index contributed by atoms with van der Waals surface area (Å²) in [4.78, 5) is 12.6. The molecule has 0 aliphatic carbocycles. The molecule has 0 saturated carbocycles. The van der Waals surface area contributed by atoms with Gasteiger partial charge in [-0.25, -0.2) is 8.42 Å². The van der Waals surface area contributed by atoms with Gasteiger partial charge in [0.1, 0.15) is 0 Å². The van der Waals surface area contributed by atoms with E-state index in [-0.39, 0.29) is 17.2 Å². The third kappa shape index (κ3) is 4.84. The van der Waals surface area contributed by atoms with Crippen LogP contribution in [-0.2, 0) is 21.2 Å². The van der Waals surface area contributed by atoms with Gasteiger partial charge in [0, 0.05) is 12.7 Å². The van der Waals surface area contributed by atoms with E-state index in [1.807, 2.05) is 32.0 Å². The number of anilines is 2. The van der Waals surface area contributed by atoms with E-state index in [2.05, 4.69) is 5.32 Å². The molecule has 1 amide bonds. The molecule has 0 aromatic heterocycles. The first kappa shape index (κ1) is 20.6. The molecule has 0 spiro atoms. The Hall–Kier alpha value is -3.12. The third-order valence-corrected chi connectivity index (χ3v) is 6.53. The number of nitrogens with one attached hydrogen (secondary N) is 1. The monoisotopic (exact) mass is 408 g/mol. The van der Waals surface area contributed by atoms with Crippen molar-refractivity contribution in [2.24, 2.45) is 0 Å². The Labute approximate surface area is 172 Å². The van der Waals surface area contributed by atoms with Crippen molar-refractivity contribution >= 4 is 27.3 Å². The van der Waals surface area contributed by atoms with Crippen LogP contribution in [0.2, 0.25) is 0 Å². The number of aryl methyl sites for hydroxylation is 2. The molecule has 150 valence electrons. The Kier molecular flexibility index (Phi) is 6.03. The van der Waals surface area contributed by atoms with E-state index < -0.39 is 10.0 Å². The molecule has 0 aliphatic rings. The van der Waals surface area contributed by atoms with Crippen LogP contribution in [0.15, 0.2) is 77.7 Å². The molecule has 3 aromatic rings. The topological polar surface area (TPSA) is 66.5 Å². The Bertz CT molecular complexity index is 1110. The van der Waals surface area contributed by atoms with Gasteiger partial charge in [-0.2, -0.15) is 0 Å². The molecular formula is C23H24N2O3S. The lowest BCUT2D eigenvalue weighted by Gasteiger charge is -2.19.